The highest BCUT2D eigenvalue weighted by Gasteiger charge is 2.14. The predicted octanol–water partition coefficient (Wildman–Crippen LogP) is 4.44. The highest BCUT2D eigenvalue weighted by atomic mass is 16.6. The van der Waals surface area contributed by atoms with Gasteiger partial charge >= 0.3 is 0 Å². The maximum absolute atomic E-state index is 5.69. The molecule has 5 nitrogen and oxygen atoms in total. The second-order valence-corrected chi connectivity index (χ2v) is 6.79. The van der Waals surface area contributed by atoms with Crippen LogP contribution in [0.5, 0.6) is 11.5 Å². The maximum atomic E-state index is 5.69. The molecule has 0 amide bonds. The molecular formula is C22H24N2O3. The van der Waals surface area contributed by atoms with Crippen molar-refractivity contribution < 1.29 is 13.9 Å². The fourth-order valence-electron chi connectivity index (χ4n) is 3.16. The summed E-state index contributed by atoms with van der Waals surface area (Å²) < 4.78 is 17.0. The smallest absolute Gasteiger partial charge is 0.226 e. The first-order chi connectivity index (χ1) is 13.2. The number of nitrogens with zero attached hydrogens (tertiary/aromatic N) is 2. The largest absolute Gasteiger partial charge is 0.486 e. The van der Waals surface area contributed by atoms with E-state index in [-0.39, 0.29) is 0 Å². The van der Waals surface area contributed by atoms with Gasteiger partial charge in [0.15, 0.2) is 11.5 Å². The van der Waals surface area contributed by atoms with Crippen molar-refractivity contribution in [3.63, 3.8) is 0 Å². The van der Waals surface area contributed by atoms with Gasteiger partial charge in [-0.3, -0.25) is 4.90 Å². The summed E-state index contributed by atoms with van der Waals surface area (Å²) in [5.74, 6) is 2.32. The summed E-state index contributed by atoms with van der Waals surface area (Å²) >= 11 is 0. The summed E-state index contributed by atoms with van der Waals surface area (Å²) in [4.78, 5) is 6.98. The van der Waals surface area contributed by atoms with Crippen LogP contribution in [0, 0.1) is 6.92 Å². The lowest BCUT2D eigenvalue weighted by Crippen LogP contribution is -2.23. The van der Waals surface area contributed by atoms with Gasteiger partial charge in [0.2, 0.25) is 5.89 Å². The number of ether oxygens (including phenoxy) is 2. The molecule has 27 heavy (non-hydrogen) atoms. The standard InChI is InChI=1S/C22H24N2O3/c1-3-24(13-17-6-9-20-21(12-17)26-11-10-25-20)14-19-15-27-22(23-19)18-7-4-16(2)5-8-18/h4-9,12,15H,3,10-11,13-14H2,1-2H3. The van der Waals surface area contributed by atoms with Crippen LogP contribution in [0.15, 0.2) is 53.1 Å². The molecule has 3 aromatic rings. The topological polar surface area (TPSA) is 47.7 Å². The third-order valence-corrected chi connectivity index (χ3v) is 4.70. The Bertz CT molecular complexity index is 902. The molecule has 0 bridgehead atoms. The molecule has 2 aromatic carbocycles. The quantitative estimate of drug-likeness (QED) is 0.647. The molecular weight excluding hydrogens is 340 g/mol. The number of benzene rings is 2. The van der Waals surface area contributed by atoms with Gasteiger partial charge in [0.25, 0.3) is 0 Å². The van der Waals surface area contributed by atoms with Gasteiger partial charge in [0.05, 0.1) is 5.69 Å². The molecule has 5 heteroatoms. The number of aromatic nitrogens is 1. The van der Waals surface area contributed by atoms with Crippen molar-refractivity contribution in [1.82, 2.24) is 9.88 Å². The van der Waals surface area contributed by atoms with Gasteiger partial charge in [-0.25, -0.2) is 4.98 Å². The maximum Gasteiger partial charge on any atom is 0.226 e. The molecule has 0 fully saturated rings. The normalized spacial score (nSPS) is 13.1. The summed E-state index contributed by atoms with van der Waals surface area (Å²) in [5, 5.41) is 0. The number of hydrogen-bond donors (Lipinski definition) is 0. The summed E-state index contributed by atoms with van der Waals surface area (Å²) in [5.41, 5.74) is 4.36. The molecule has 1 aliphatic heterocycles. The molecule has 0 unspecified atom stereocenters. The van der Waals surface area contributed by atoms with Gasteiger partial charge in [-0.1, -0.05) is 30.7 Å². The van der Waals surface area contributed by atoms with Crippen LogP contribution in [-0.2, 0) is 13.1 Å². The van der Waals surface area contributed by atoms with Crippen molar-refractivity contribution in [2.24, 2.45) is 0 Å². The van der Waals surface area contributed by atoms with E-state index < -0.39 is 0 Å². The van der Waals surface area contributed by atoms with Crippen molar-refractivity contribution >= 4 is 0 Å². The first kappa shape index (κ1) is 17.6. The molecule has 1 aromatic heterocycles. The molecule has 0 radical (unpaired) electrons. The van der Waals surface area contributed by atoms with E-state index in [0.29, 0.717) is 19.1 Å². The van der Waals surface area contributed by atoms with Crippen molar-refractivity contribution in [1.29, 1.82) is 0 Å². The summed E-state index contributed by atoms with van der Waals surface area (Å²) in [7, 11) is 0. The van der Waals surface area contributed by atoms with Crippen LogP contribution in [0.3, 0.4) is 0 Å². The van der Waals surface area contributed by atoms with E-state index in [4.69, 9.17) is 13.9 Å². The number of oxazole rings is 1. The Balaban J connectivity index is 1.44. The summed E-state index contributed by atoms with van der Waals surface area (Å²) in [6.45, 7) is 7.92. The molecule has 0 N–H and O–H groups in total. The van der Waals surface area contributed by atoms with Gasteiger partial charge in [0.1, 0.15) is 19.5 Å². The lowest BCUT2D eigenvalue weighted by atomic mass is 10.1. The van der Waals surface area contributed by atoms with E-state index >= 15 is 0 Å². The average molecular weight is 364 g/mol. The van der Waals surface area contributed by atoms with E-state index in [1.807, 2.05) is 18.2 Å². The second-order valence-electron chi connectivity index (χ2n) is 6.79. The fourth-order valence-corrected chi connectivity index (χ4v) is 3.16. The van der Waals surface area contributed by atoms with Crippen LogP contribution in [0.25, 0.3) is 11.5 Å². The lowest BCUT2D eigenvalue weighted by molar-refractivity contribution is 0.171. The Morgan fingerprint density at radius 1 is 0.963 bits per heavy atom. The van der Waals surface area contributed by atoms with Crippen LogP contribution >= 0.6 is 0 Å². The number of rotatable bonds is 6. The van der Waals surface area contributed by atoms with Crippen LogP contribution in [0.1, 0.15) is 23.7 Å². The molecule has 1 aliphatic rings. The molecule has 2 heterocycles. The molecule has 0 saturated carbocycles. The Kier molecular flexibility index (Phi) is 5.12. The van der Waals surface area contributed by atoms with Gasteiger partial charge in [-0.2, -0.15) is 0 Å². The Morgan fingerprint density at radius 3 is 2.52 bits per heavy atom. The van der Waals surface area contributed by atoms with E-state index in [2.05, 4.69) is 48.0 Å². The zero-order valence-corrected chi connectivity index (χ0v) is 15.8. The zero-order valence-electron chi connectivity index (χ0n) is 15.8. The number of hydrogen-bond acceptors (Lipinski definition) is 5. The molecule has 0 saturated heterocycles. The minimum Gasteiger partial charge on any atom is -0.486 e. The molecule has 0 atom stereocenters. The van der Waals surface area contributed by atoms with Gasteiger partial charge in [0, 0.05) is 18.7 Å². The summed E-state index contributed by atoms with van der Waals surface area (Å²) in [6.07, 6.45) is 1.75. The Hall–Kier alpha value is -2.79. The molecule has 0 aliphatic carbocycles. The lowest BCUT2D eigenvalue weighted by Gasteiger charge is -2.22. The Labute approximate surface area is 159 Å². The van der Waals surface area contributed by atoms with Crippen LogP contribution in [-0.4, -0.2) is 29.6 Å². The first-order valence-corrected chi connectivity index (χ1v) is 9.33. The van der Waals surface area contributed by atoms with Crippen molar-refractivity contribution in [2.75, 3.05) is 19.8 Å². The van der Waals surface area contributed by atoms with Crippen LogP contribution in [0.2, 0.25) is 0 Å². The highest BCUT2D eigenvalue weighted by molar-refractivity contribution is 5.53. The van der Waals surface area contributed by atoms with Crippen molar-refractivity contribution in [3.8, 4) is 23.0 Å². The van der Waals surface area contributed by atoms with Gasteiger partial charge in [-0.05, 0) is 43.3 Å². The van der Waals surface area contributed by atoms with Crippen LogP contribution < -0.4 is 9.47 Å². The third kappa shape index (κ3) is 4.14. The van der Waals surface area contributed by atoms with E-state index in [1.165, 1.54) is 11.1 Å². The van der Waals surface area contributed by atoms with E-state index in [9.17, 15) is 0 Å². The monoisotopic (exact) mass is 364 g/mol. The van der Waals surface area contributed by atoms with E-state index in [0.717, 1.165) is 42.4 Å². The highest BCUT2D eigenvalue weighted by Crippen LogP contribution is 2.31. The Morgan fingerprint density at radius 2 is 1.74 bits per heavy atom. The van der Waals surface area contributed by atoms with Crippen LogP contribution in [0.4, 0.5) is 0 Å². The van der Waals surface area contributed by atoms with Gasteiger partial charge < -0.3 is 13.9 Å². The molecule has 140 valence electrons. The third-order valence-electron chi connectivity index (χ3n) is 4.70. The van der Waals surface area contributed by atoms with Crippen molar-refractivity contribution in [3.05, 3.63) is 65.5 Å². The van der Waals surface area contributed by atoms with Crippen molar-refractivity contribution in [2.45, 2.75) is 26.9 Å². The second kappa shape index (κ2) is 7.84. The first-order valence-electron chi connectivity index (χ1n) is 9.33. The SMILES string of the molecule is CCN(Cc1ccc2c(c1)OCCO2)Cc1coc(-c2ccc(C)cc2)n1. The minimum absolute atomic E-state index is 0.606. The number of fused-ring (bicyclic) bond motifs is 1. The summed E-state index contributed by atoms with van der Waals surface area (Å²) in [6, 6.07) is 14.4. The predicted molar refractivity (Wildman–Crippen MR) is 104 cm³/mol. The average Bonchev–Trinajstić information content (AvgIpc) is 3.16. The zero-order chi connectivity index (χ0) is 18.6. The van der Waals surface area contributed by atoms with Gasteiger partial charge in [-0.15, -0.1) is 0 Å². The minimum atomic E-state index is 0.606. The van der Waals surface area contributed by atoms with E-state index in [1.54, 1.807) is 6.26 Å². The fraction of sp³-hybridized carbons (Fsp3) is 0.318. The molecule has 0 spiro atoms. The molecule has 4 rings (SSSR count). The number of aryl methyl sites for hydroxylation is 1.